The van der Waals surface area contributed by atoms with E-state index in [-0.39, 0.29) is 11.9 Å². The molecule has 3 unspecified atom stereocenters. The number of para-hydroxylation sites is 1. The largest absolute Gasteiger partial charge is 0.373 e. The second-order valence-corrected chi connectivity index (χ2v) is 6.44. The van der Waals surface area contributed by atoms with E-state index >= 15 is 0 Å². The average Bonchev–Trinajstić information content (AvgIpc) is 2.88. The maximum absolute atomic E-state index is 12.5. The van der Waals surface area contributed by atoms with Gasteiger partial charge in [-0.05, 0) is 29.9 Å². The van der Waals surface area contributed by atoms with Gasteiger partial charge in [-0.25, -0.2) is 0 Å². The number of benzene rings is 1. The van der Waals surface area contributed by atoms with Gasteiger partial charge in [0.2, 0.25) is 5.91 Å². The van der Waals surface area contributed by atoms with Gasteiger partial charge >= 0.3 is 0 Å². The van der Waals surface area contributed by atoms with Crippen LogP contribution in [-0.2, 0) is 11.2 Å². The van der Waals surface area contributed by atoms with Crippen LogP contribution in [0.15, 0.2) is 24.3 Å². The van der Waals surface area contributed by atoms with Crippen LogP contribution < -0.4 is 10.6 Å². The van der Waals surface area contributed by atoms with Crippen molar-refractivity contribution in [2.75, 3.05) is 5.32 Å². The van der Waals surface area contributed by atoms with Crippen molar-refractivity contribution in [3.63, 3.8) is 0 Å². The molecule has 0 bridgehead atoms. The average molecular weight is 272 g/mol. The van der Waals surface area contributed by atoms with E-state index in [1.165, 1.54) is 18.4 Å². The lowest BCUT2D eigenvalue weighted by Crippen LogP contribution is -2.48. The number of nitrogens with one attached hydrogen (secondary N) is 2. The molecule has 1 aromatic carbocycles. The van der Waals surface area contributed by atoms with Gasteiger partial charge in [-0.15, -0.1) is 0 Å². The normalized spacial score (nSPS) is 32.3. The van der Waals surface area contributed by atoms with Gasteiger partial charge in [0.05, 0.1) is 0 Å². The molecule has 0 aromatic heterocycles. The molecule has 0 radical (unpaired) electrons. The zero-order valence-electron chi connectivity index (χ0n) is 12.4. The van der Waals surface area contributed by atoms with E-state index in [0.29, 0.717) is 17.9 Å². The lowest BCUT2D eigenvalue weighted by atomic mass is 9.78. The van der Waals surface area contributed by atoms with Crippen LogP contribution in [0.4, 0.5) is 5.69 Å². The third-order valence-electron chi connectivity index (χ3n) is 5.12. The van der Waals surface area contributed by atoms with E-state index in [0.717, 1.165) is 18.5 Å². The standard InChI is InChI=1S/C17H24N2O/c1-11-6-5-9-14(12(11)2)19-17(20)16-10-13-7-3-4-8-15(13)18-16/h3-4,7-8,11-12,14,16,18H,5-6,9-10H2,1-2H3,(H,19,20)/t11?,12?,14?,16-/m0/s1. The van der Waals surface area contributed by atoms with Crippen molar-refractivity contribution >= 4 is 11.6 Å². The molecule has 1 aliphatic heterocycles. The predicted octanol–water partition coefficient (Wildman–Crippen LogP) is 2.96. The van der Waals surface area contributed by atoms with Crippen molar-refractivity contribution in [2.24, 2.45) is 11.8 Å². The van der Waals surface area contributed by atoms with Crippen molar-refractivity contribution in [1.29, 1.82) is 0 Å². The molecule has 1 fully saturated rings. The quantitative estimate of drug-likeness (QED) is 0.869. The first-order chi connectivity index (χ1) is 9.65. The lowest BCUT2D eigenvalue weighted by Gasteiger charge is -2.35. The highest BCUT2D eigenvalue weighted by Crippen LogP contribution is 2.30. The van der Waals surface area contributed by atoms with Crippen molar-refractivity contribution in [1.82, 2.24) is 5.32 Å². The summed E-state index contributed by atoms with van der Waals surface area (Å²) in [5, 5.41) is 6.61. The first-order valence-corrected chi connectivity index (χ1v) is 7.80. The molecule has 108 valence electrons. The Balaban J connectivity index is 1.61. The third-order valence-corrected chi connectivity index (χ3v) is 5.12. The van der Waals surface area contributed by atoms with Crippen LogP contribution in [0.2, 0.25) is 0 Å². The maximum Gasteiger partial charge on any atom is 0.243 e. The van der Waals surface area contributed by atoms with E-state index in [9.17, 15) is 4.79 Å². The zero-order valence-corrected chi connectivity index (χ0v) is 12.4. The van der Waals surface area contributed by atoms with Crippen molar-refractivity contribution in [2.45, 2.75) is 51.6 Å². The molecular formula is C17H24N2O. The van der Waals surface area contributed by atoms with Crippen LogP contribution in [0.25, 0.3) is 0 Å². The van der Waals surface area contributed by atoms with E-state index < -0.39 is 0 Å². The van der Waals surface area contributed by atoms with Gasteiger partial charge in [-0.2, -0.15) is 0 Å². The fourth-order valence-electron chi connectivity index (χ4n) is 3.53. The first-order valence-electron chi connectivity index (χ1n) is 7.80. The van der Waals surface area contributed by atoms with Crippen molar-refractivity contribution in [3.8, 4) is 0 Å². The lowest BCUT2D eigenvalue weighted by molar-refractivity contribution is -0.123. The Labute approximate surface area is 121 Å². The van der Waals surface area contributed by atoms with Gasteiger partial charge in [-0.3, -0.25) is 4.79 Å². The monoisotopic (exact) mass is 272 g/mol. The molecule has 1 amide bonds. The predicted molar refractivity (Wildman–Crippen MR) is 81.7 cm³/mol. The molecule has 20 heavy (non-hydrogen) atoms. The molecule has 1 saturated carbocycles. The number of carbonyl (C=O) groups is 1. The molecule has 2 aliphatic rings. The number of anilines is 1. The highest BCUT2D eigenvalue weighted by molar-refractivity contribution is 5.87. The topological polar surface area (TPSA) is 41.1 Å². The van der Waals surface area contributed by atoms with Crippen LogP contribution in [0.1, 0.15) is 38.7 Å². The second-order valence-electron chi connectivity index (χ2n) is 6.44. The SMILES string of the molecule is CC1CCCC(NC(=O)[C@@H]2Cc3ccccc3N2)C1C. The molecule has 2 N–H and O–H groups in total. The van der Waals surface area contributed by atoms with E-state index in [2.05, 4.69) is 30.5 Å². The minimum Gasteiger partial charge on any atom is -0.373 e. The highest BCUT2D eigenvalue weighted by Gasteiger charge is 2.32. The summed E-state index contributed by atoms with van der Waals surface area (Å²) in [7, 11) is 0. The molecule has 3 nitrogen and oxygen atoms in total. The molecule has 3 rings (SSSR count). The summed E-state index contributed by atoms with van der Waals surface area (Å²) in [4.78, 5) is 12.5. The van der Waals surface area contributed by atoms with Crippen molar-refractivity contribution in [3.05, 3.63) is 29.8 Å². The fourth-order valence-corrected chi connectivity index (χ4v) is 3.53. The molecule has 1 heterocycles. The number of rotatable bonds is 2. The molecule has 1 aliphatic carbocycles. The Bertz CT molecular complexity index is 475. The van der Waals surface area contributed by atoms with Gasteiger partial charge < -0.3 is 10.6 Å². The van der Waals surface area contributed by atoms with Crippen LogP contribution >= 0.6 is 0 Å². The minimum absolute atomic E-state index is 0.100. The van der Waals surface area contributed by atoms with Gasteiger partial charge in [0, 0.05) is 18.2 Å². The third kappa shape index (κ3) is 2.54. The van der Waals surface area contributed by atoms with E-state index in [1.54, 1.807) is 0 Å². The summed E-state index contributed by atoms with van der Waals surface area (Å²) < 4.78 is 0. The van der Waals surface area contributed by atoms with E-state index in [4.69, 9.17) is 0 Å². The number of fused-ring (bicyclic) bond motifs is 1. The van der Waals surface area contributed by atoms with Crippen LogP contribution in [0, 0.1) is 11.8 Å². The van der Waals surface area contributed by atoms with Crippen LogP contribution in [-0.4, -0.2) is 18.0 Å². The van der Waals surface area contributed by atoms with Gasteiger partial charge in [0.1, 0.15) is 6.04 Å². The molecule has 0 saturated heterocycles. The molecule has 3 heteroatoms. The molecule has 4 atom stereocenters. The molecule has 0 spiro atoms. The zero-order chi connectivity index (χ0) is 14.1. The fraction of sp³-hybridized carbons (Fsp3) is 0.588. The van der Waals surface area contributed by atoms with Gasteiger partial charge in [-0.1, -0.05) is 44.9 Å². The number of carbonyl (C=O) groups excluding carboxylic acids is 1. The smallest absolute Gasteiger partial charge is 0.243 e. The van der Waals surface area contributed by atoms with Crippen LogP contribution in [0.3, 0.4) is 0 Å². The first kappa shape index (κ1) is 13.5. The second kappa shape index (κ2) is 5.47. The number of amides is 1. The summed E-state index contributed by atoms with van der Waals surface area (Å²) in [6.07, 6.45) is 4.45. The molecular weight excluding hydrogens is 248 g/mol. The summed E-state index contributed by atoms with van der Waals surface area (Å²) in [6.45, 7) is 4.57. The van der Waals surface area contributed by atoms with Gasteiger partial charge in [0.15, 0.2) is 0 Å². The van der Waals surface area contributed by atoms with E-state index in [1.807, 2.05) is 18.2 Å². The Morgan fingerprint density at radius 3 is 2.85 bits per heavy atom. The van der Waals surface area contributed by atoms with Gasteiger partial charge in [0.25, 0.3) is 0 Å². The Morgan fingerprint density at radius 1 is 1.25 bits per heavy atom. The summed E-state index contributed by atoms with van der Waals surface area (Å²) >= 11 is 0. The highest BCUT2D eigenvalue weighted by atomic mass is 16.2. The van der Waals surface area contributed by atoms with Crippen LogP contribution in [0.5, 0.6) is 0 Å². The summed E-state index contributed by atoms with van der Waals surface area (Å²) in [6, 6.07) is 8.44. The minimum atomic E-state index is -0.100. The Hall–Kier alpha value is -1.51. The number of hydrogen-bond donors (Lipinski definition) is 2. The molecule has 1 aromatic rings. The Morgan fingerprint density at radius 2 is 2.05 bits per heavy atom. The summed E-state index contributed by atoms with van der Waals surface area (Å²) in [5.74, 6) is 1.45. The summed E-state index contributed by atoms with van der Waals surface area (Å²) in [5.41, 5.74) is 2.36. The maximum atomic E-state index is 12.5. The van der Waals surface area contributed by atoms with Crippen molar-refractivity contribution < 1.29 is 4.79 Å². The number of hydrogen-bond acceptors (Lipinski definition) is 2. The Kier molecular flexibility index (Phi) is 3.68.